The van der Waals surface area contributed by atoms with Gasteiger partial charge in [0.2, 0.25) is 5.91 Å². The topological polar surface area (TPSA) is 49.9 Å². The van der Waals surface area contributed by atoms with Crippen LogP contribution in [0.5, 0.6) is 0 Å². The van der Waals surface area contributed by atoms with Gasteiger partial charge in [-0.1, -0.05) is 25.5 Å². The number of piperidine rings is 1. The van der Waals surface area contributed by atoms with Crippen molar-refractivity contribution in [1.29, 1.82) is 0 Å². The van der Waals surface area contributed by atoms with Crippen molar-refractivity contribution in [2.45, 2.75) is 57.4 Å². The molecule has 0 saturated carbocycles. The van der Waals surface area contributed by atoms with E-state index in [2.05, 4.69) is 19.1 Å². The maximum atomic E-state index is 13.3. The number of amides is 2. The molecule has 2 aliphatic rings. The van der Waals surface area contributed by atoms with Crippen molar-refractivity contribution in [3.63, 3.8) is 0 Å². The third-order valence-corrected chi connectivity index (χ3v) is 6.02. The number of carbonyl (C=O) groups excluding carboxylic acids is 2. The van der Waals surface area contributed by atoms with Crippen LogP contribution in [-0.2, 0) is 16.0 Å². The standard InChI is InChI=1S/C22H32N2O3/c1-3-4-7-18-8-10-19(11-9-18)20(25)24-15-6-13-22(24)12-5-14-23(21(22)26)16-17-27-2/h8-11H,3-7,12-17H2,1-2H3. The van der Waals surface area contributed by atoms with Crippen molar-refractivity contribution in [1.82, 2.24) is 9.80 Å². The summed E-state index contributed by atoms with van der Waals surface area (Å²) in [4.78, 5) is 30.2. The summed E-state index contributed by atoms with van der Waals surface area (Å²) in [5, 5.41) is 0. The summed E-state index contributed by atoms with van der Waals surface area (Å²) in [7, 11) is 1.65. The fourth-order valence-corrected chi connectivity index (χ4v) is 4.49. The lowest BCUT2D eigenvalue weighted by atomic mass is 9.85. The quantitative estimate of drug-likeness (QED) is 0.738. The number of methoxy groups -OCH3 is 1. The van der Waals surface area contributed by atoms with E-state index in [-0.39, 0.29) is 11.8 Å². The van der Waals surface area contributed by atoms with Gasteiger partial charge in [0.1, 0.15) is 5.54 Å². The molecule has 2 aliphatic heterocycles. The lowest BCUT2D eigenvalue weighted by Gasteiger charge is -2.44. The van der Waals surface area contributed by atoms with Crippen molar-refractivity contribution in [2.24, 2.45) is 0 Å². The molecule has 1 aromatic carbocycles. The minimum absolute atomic E-state index is 0.00326. The van der Waals surface area contributed by atoms with Gasteiger partial charge in [-0.2, -0.15) is 0 Å². The third kappa shape index (κ3) is 4.03. The van der Waals surface area contributed by atoms with E-state index in [1.165, 1.54) is 12.0 Å². The second-order valence-corrected chi connectivity index (χ2v) is 7.78. The predicted molar refractivity (Wildman–Crippen MR) is 106 cm³/mol. The number of unbranched alkanes of at least 4 members (excludes halogenated alkanes) is 1. The molecule has 1 unspecified atom stereocenters. The minimum atomic E-state index is -0.649. The molecule has 2 fully saturated rings. The summed E-state index contributed by atoms with van der Waals surface area (Å²) >= 11 is 0. The molecule has 148 valence electrons. The number of hydrogen-bond donors (Lipinski definition) is 0. The third-order valence-electron chi connectivity index (χ3n) is 6.02. The molecule has 2 heterocycles. The smallest absolute Gasteiger partial charge is 0.254 e. The normalized spacial score (nSPS) is 22.7. The highest BCUT2D eigenvalue weighted by molar-refractivity contribution is 6.00. The summed E-state index contributed by atoms with van der Waals surface area (Å²) in [5.41, 5.74) is 1.31. The van der Waals surface area contributed by atoms with Gasteiger partial charge in [0.25, 0.3) is 5.91 Å². The van der Waals surface area contributed by atoms with Crippen LogP contribution in [0.15, 0.2) is 24.3 Å². The molecule has 0 aromatic heterocycles. The Morgan fingerprint density at radius 2 is 1.85 bits per heavy atom. The fraction of sp³-hybridized carbons (Fsp3) is 0.636. The highest BCUT2D eigenvalue weighted by Gasteiger charge is 2.52. The fourth-order valence-electron chi connectivity index (χ4n) is 4.49. The average Bonchev–Trinajstić information content (AvgIpc) is 3.12. The first kappa shape index (κ1) is 19.9. The van der Waals surface area contributed by atoms with E-state index in [1.807, 2.05) is 21.9 Å². The molecule has 1 aromatic rings. The Morgan fingerprint density at radius 1 is 1.15 bits per heavy atom. The van der Waals surface area contributed by atoms with E-state index in [9.17, 15) is 9.59 Å². The molecular weight excluding hydrogens is 340 g/mol. The number of benzene rings is 1. The van der Waals surface area contributed by atoms with E-state index >= 15 is 0 Å². The first-order chi connectivity index (χ1) is 13.1. The highest BCUT2D eigenvalue weighted by Crippen LogP contribution is 2.39. The molecule has 3 rings (SSSR count). The SMILES string of the molecule is CCCCc1ccc(C(=O)N2CCCC23CCCN(CCOC)C3=O)cc1. The maximum absolute atomic E-state index is 13.3. The number of hydrogen-bond acceptors (Lipinski definition) is 3. The molecule has 0 aliphatic carbocycles. The molecule has 5 heteroatoms. The van der Waals surface area contributed by atoms with Crippen LogP contribution in [0.25, 0.3) is 0 Å². The van der Waals surface area contributed by atoms with Gasteiger partial charge in [-0.25, -0.2) is 0 Å². The van der Waals surface area contributed by atoms with Gasteiger partial charge >= 0.3 is 0 Å². The Kier molecular flexibility index (Phi) is 6.53. The van der Waals surface area contributed by atoms with Gasteiger partial charge in [0.05, 0.1) is 6.61 Å². The van der Waals surface area contributed by atoms with Gasteiger partial charge in [0.15, 0.2) is 0 Å². The molecule has 1 spiro atoms. The van der Waals surface area contributed by atoms with E-state index in [4.69, 9.17) is 4.74 Å². The molecular formula is C22H32N2O3. The first-order valence-electron chi connectivity index (χ1n) is 10.3. The van der Waals surface area contributed by atoms with Crippen molar-refractivity contribution >= 4 is 11.8 Å². The summed E-state index contributed by atoms with van der Waals surface area (Å²) in [6, 6.07) is 7.96. The van der Waals surface area contributed by atoms with Crippen molar-refractivity contribution < 1.29 is 14.3 Å². The lowest BCUT2D eigenvalue weighted by Crippen LogP contribution is -2.61. The Labute approximate surface area is 162 Å². The summed E-state index contributed by atoms with van der Waals surface area (Å²) in [6.07, 6.45) is 6.75. The highest BCUT2D eigenvalue weighted by atomic mass is 16.5. The Bertz CT molecular complexity index is 658. The first-order valence-corrected chi connectivity index (χ1v) is 10.3. The van der Waals surface area contributed by atoms with Crippen molar-refractivity contribution in [3.8, 4) is 0 Å². The average molecular weight is 373 g/mol. The van der Waals surface area contributed by atoms with Crippen LogP contribution >= 0.6 is 0 Å². The van der Waals surface area contributed by atoms with Crippen molar-refractivity contribution in [2.75, 3.05) is 33.4 Å². The van der Waals surface area contributed by atoms with Crippen LogP contribution in [0.2, 0.25) is 0 Å². The molecule has 1 atom stereocenters. The minimum Gasteiger partial charge on any atom is -0.383 e. The zero-order chi connectivity index (χ0) is 19.3. The molecule has 2 saturated heterocycles. The number of carbonyl (C=O) groups is 2. The van der Waals surface area contributed by atoms with Crippen molar-refractivity contribution in [3.05, 3.63) is 35.4 Å². The number of likely N-dealkylation sites (tertiary alicyclic amines) is 2. The van der Waals surface area contributed by atoms with Gasteiger partial charge in [-0.05, 0) is 56.2 Å². The second-order valence-electron chi connectivity index (χ2n) is 7.78. The monoisotopic (exact) mass is 372 g/mol. The van der Waals surface area contributed by atoms with Crippen LogP contribution in [0.1, 0.15) is 61.4 Å². The van der Waals surface area contributed by atoms with Crippen LogP contribution < -0.4 is 0 Å². The molecule has 0 bridgehead atoms. The molecule has 0 N–H and O–H groups in total. The van der Waals surface area contributed by atoms with E-state index < -0.39 is 5.54 Å². The molecule has 0 radical (unpaired) electrons. The second kappa shape index (κ2) is 8.87. The Morgan fingerprint density at radius 3 is 2.52 bits per heavy atom. The van der Waals surface area contributed by atoms with Crippen LogP contribution in [-0.4, -0.2) is 60.5 Å². The summed E-state index contributed by atoms with van der Waals surface area (Å²) < 4.78 is 5.15. The van der Waals surface area contributed by atoms with Gasteiger partial charge in [-0.15, -0.1) is 0 Å². The predicted octanol–water partition coefficient (Wildman–Crippen LogP) is 3.27. The number of ether oxygens (including phenoxy) is 1. The number of aryl methyl sites for hydroxylation is 1. The van der Waals surface area contributed by atoms with Gasteiger partial charge in [-0.3, -0.25) is 9.59 Å². The summed E-state index contributed by atoms with van der Waals surface area (Å²) in [6.45, 7) is 4.75. The van der Waals surface area contributed by atoms with Gasteiger partial charge < -0.3 is 14.5 Å². The number of nitrogens with zero attached hydrogens (tertiary/aromatic N) is 2. The molecule has 2 amide bonds. The van der Waals surface area contributed by atoms with Gasteiger partial charge in [0, 0.05) is 32.3 Å². The van der Waals surface area contributed by atoms with E-state index in [1.54, 1.807) is 7.11 Å². The lowest BCUT2D eigenvalue weighted by molar-refractivity contribution is -0.146. The maximum Gasteiger partial charge on any atom is 0.254 e. The Hall–Kier alpha value is -1.88. The summed E-state index contributed by atoms with van der Waals surface area (Å²) in [5.74, 6) is 0.104. The zero-order valence-corrected chi connectivity index (χ0v) is 16.7. The van der Waals surface area contributed by atoms with E-state index in [0.29, 0.717) is 25.3 Å². The number of rotatable bonds is 7. The van der Waals surface area contributed by atoms with Crippen LogP contribution in [0.4, 0.5) is 0 Å². The Balaban J connectivity index is 1.76. The van der Waals surface area contributed by atoms with Crippen LogP contribution in [0, 0.1) is 0 Å². The van der Waals surface area contributed by atoms with E-state index in [0.717, 1.165) is 45.1 Å². The zero-order valence-electron chi connectivity index (χ0n) is 16.7. The molecule has 5 nitrogen and oxygen atoms in total. The largest absolute Gasteiger partial charge is 0.383 e. The molecule has 27 heavy (non-hydrogen) atoms. The van der Waals surface area contributed by atoms with Crippen LogP contribution in [0.3, 0.4) is 0 Å².